The van der Waals surface area contributed by atoms with Gasteiger partial charge < -0.3 is 10.5 Å². The number of nitrogens with two attached hydrogens (primary N) is 1. The quantitative estimate of drug-likeness (QED) is 0.377. The van der Waals surface area contributed by atoms with Crippen LogP contribution < -0.4 is 5.73 Å². The van der Waals surface area contributed by atoms with E-state index in [0.29, 0.717) is 18.9 Å². The Morgan fingerprint density at radius 1 is 1.47 bits per heavy atom. The van der Waals surface area contributed by atoms with Crippen molar-refractivity contribution in [2.24, 2.45) is 5.73 Å². The molecular weight excluding hydrogens is 186 g/mol. The van der Waals surface area contributed by atoms with E-state index in [0.717, 1.165) is 12.8 Å². The molecule has 0 aliphatic carbocycles. The molecule has 84 valence electrons. The highest BCUT2D eigenvalue weighted by Crippen LogP contribution is 2.07. The summed E-state index contributed by atoms with van der Waals surface area (Å²) in [6, 6.07) is 0. The molecule has 0 aromatic rings. The van der Waals surface area contributed by atoms with Gasteiger partial charge in [0, 0.05) is 0 Å². The summed E-state index contributed by atoms with van der Waals surface area (Å²) in [4.78, 5) is 0. The van der Waals surface area contributed by atoms with Gasteiger partial charge in [0.25, 0.3) is 0 Å². The molecule has 0 aromatic heterocycles. The summed E-state index contributed by atoms with van der Waals surface area (Å²) in [6.45, 7) is 10.6. The maximum Gasteiger partial charge on any atom is 0.112 e. The molecular formula is C13H21NO. The normalized spacial score (nSPS) is 11.7. The molecule has 0 bridgehead atoms. The first-order valence-corrected chi connectivity index (χ1v) is 5.17. The molecule has 0 atom stereocenters. The summed E-state index contributed by atoms with van der Waals surface area (Å²) in [5.41, 5.74) is 6.82. The van der Waals surface area contributed by atoms with Crippen LogP contribution in [0.25, 0.3) is 0 Å². The smallest absolute Gasteiger partial charge is 0.112 e. The second-order valence-electron chi connectivity index (χ2n) is 3.16. The predicted molar refractivity (Wildman–Crippen MR) is 66.5 cm³/mol. The van der Waals surface area contributed by atoms with Crippen molar-refractivity contribution in [1.29, 1.82) is 0 Å². The Morgan fingerprint density at radius 2 is 2.20 bits per heavy atom. The van der Waals surface area contributed by atoms with Crippen molar-refractivity contribution in [3.63, 3.8) is 0 Å². The summed E-state index contributed by atoms with van der Waals surface area (Å²) in [7, 11) is 0. The first-order valence-electron chi connectivity index (χ1n) is 5.17. The van der Waals surface area contributed by atoms with Gasteiger partial charge in [0.2, 0.25) is 0 Å². The van der Waals surface area contributed by atoms with Gasteiger partial charge in [0.1, 0.15) is 12.4 Å². The SMILES string of the molecule is C=CCOC(=C)/C=C\C/C(=C\C)CCN. The fraction of sp³-hybridized carbons (Fsp3) is 0.385. The van der Waals surface area contributed by atoms with Crippen LogP contribution >= 0.6 is 0 Å². The van der Waals surface area contributed by atoms with Crippen molar-refractivity contribution in [2.45, 2.75) is 19.8 Å². The standard InChI is InChI=1S/C13H21NO/c1-4-11-15-12(3)7-6-8-13(5-2)9-10-14/h4-7H,1,3,8-11,14H2,2H3/b7-6-,13-5+. The lowest BCUT2D eigenvalue weighted by Gasteiger charge is -2.02. The fourth-order valence-electron chi connectivity index (χ4n) is 1.11. The first kappa shape index (κ1) is 13.7. The van der Waals surface area contributed by atoms with Crippen molar-refractivity contribution in [3.05, 3.63) is 48.8 Å². The number of hydrogen-bond donors (Lipinski definition) is 1. The Kier molecular flexibility index (Phi) is 8.49. The van der Waals surface area contributed by atoms with Gasteiger partial charge in [-0.25, -0.2) is 0 Å². The predicted octanol–water partition coefficient (Wildman–Crippen LogP) is 2.94. The van der Waals surface area contributed by atoms with E-state index < -0.39 is 0 Å². The molecule has 0 spiro atoms. The molecule has 0 amide bonds. The number of allylic oxidation sites excluding steroid dienone is 3. The first-order chi connectivity index (χ1) is 7.24. The molecule has 2 heteroatoms. The van der Waals surface area contributed by atoms with Crippen molar-refractivity contribution >= 4 is 0 Å². The summed E-state index contributed by atoms with van der Waals surface area (Å²) in [5.74, 6) is 0.665. The minimum Gasteiger partial charge on any atom is -0.490 e. The van der Waals surface area contributed by atoms with Gasteiger partial charge >= 0.3 is 0 Å². The van der Waals surface area contributed by atoms with Crippen LogP contribution in [0.1, 0.15) is 19.8 Å². The minimum atomic E-state index is 0.502. The van der Waals surface area contributed by atoms with Crippen LogP contribution in [0.4, 0.5) is 0 Å². The molecule has 0 aliphatic rings. The third-order valence-electron chi connectivity index (χ3n) is 1.94. The van der Waals surface area contributed by atoms with Crippen molar-refractivity contribution in [3.8, 4) is 0 Å². The van der Waals surface area contributed by atoms with Crippen LogP contribution in [-0.2, 0) is 4.74 Å². The zero-order valence-corrected chi connectivity index (χ0v) is 9.54. The van der Waals surface area contributed by atoms with Crippen molar-refractivity contribution in [2.75, 3.05) is 13.2 Å². The highest BCUT2D eigenvalue weighted by molar-refractivity contribution is 5.13. The van der Waals surface area contributed by atoms with Gasteiger partial charge in [-0.1, -0.05) is 37.0 Å². The number of hydrogen-bond acceptors (Lipinski definition) is 2. The molecule has 2 nitrogen and oxygen atoms in total. The third-order valence-corrected chi connectivity index (χ3v) is 1.94. The van der Waals surface area contributed by atoms with E-state index in [1.807, 2.05) is 19.1 Å². The van der Waals surface area contributed by atoms with Gasteiger partial charge in [-0.3, -0.25) is 0 Å². The Labute approximate surface area is 92.8 Å². The van der Waals surface area contributed by atoms with E-state index in [1.54, 1.807) is 6.08 Å². The molecule has 0 saturated carbocycles. The molecule has 0 aliphatic heterocycles. The third kappa shape index (κ3) is 7.77. The van der Waals surface area contributed by atoms with E-state index in [2.05, 4.69) is 19.2 Å². The van der Waals surface area contributed by atoms with Crippen LogP contribution in [0.2, 0.25) is 0 Å². The molecule has 0 saturated heterocycles. The number of rotatable bonds is 8. The average Bonchev–Trinajstić information content (AvgIpc) is 2.25. The lowest BCUT2D eigenvalue weighted by atomic mass is 10.1. The topological polar surface area (TPSA) is 35.2 Å². The Morgan fingerprint density at radius 3 is 2.73 bits per heavy atom. The maximum absolute atomic E-state index is 5.48. The minimum absolute atomic E-state index is 0.502. The fourth-order valence-corrected chi connectivity index (χ4v) is 1.11. The summed E-state index contributed by atoms with van der Waals surface area (Å²) >= 11 is 0. The van der Waals surface area contributed by atoms with Gasteiger partial charge in [0.05, 0.1) is 0 Å². The Hall–Kier alpha value is -1.28. The monoisotopic (exact) mass is 207 g/mol. The van der Waals surface area contributed by atoms with E-state index in [1.165, 1.54) is 5.57 Å². The highest BCUT2D eigenvalue weighted by atomic mass is 16.5. The van der Waals surface area contributed by atoms with Crippen LogP contribution in [0.3, 0.4) is 0 Å². The van der Waals surface area contributed by atoms with E-state index >= 15 is 0 Å². The molecule has 0 aromatic carbocycles. The molecule has 0 unspecified atom stereocenters. The highest BCUT2D eigenvalue weighted by Gasteiger charge is 1.92. The molecule has 15 heavy (non-hydrogen) atoms. The van der Waals surface area contributed by atoms with Crippen molar-refractivity contribution in [1.82, 2.24) is 0 Å². The van der Waals surface area contributed by atoms with Crippen LogP contribution in [0, 0.1) is 0 Å². The van der Waals surface area contributed by atoms with Gasteiger partial charge in [-0.2, -0.15) is 0 Å². The zero-order valence-electron chi connectivity index (χ0n) is 9.54. The Bertz CT molecular complexity index is 251. The average molecular weight is 207 g/mol. The lowest BCUT2D eigenvalue weighted by molar-refractivity contribution is 0.263. The second kappa shape index (κ2) is 9.28. The molecule has 2 N–H and O–H groups in total. The lowest BCUT2D eigenvalue weighted by Crippen LogP contribution is -1.99. The summed E-state index contributed by atoms with van der Waals surface area (Å²) in [6.07, 6.45) is 9.57. The van der Waals surface area contributed by atoms with Gasteiger partial charge in [-0.05, 0) is 32.4 Å². The van der Waals surface area contributed by atoms with E-state index in [9.17, 15) is 0 Å². The van der Waals surface area contributed by atoms with Crippen LogP contribution in [0.15, 0.2) is 48.8 Å². The Balaban J connectivity index is 3.86. The molecule has 0 heterocycles. The second-order valence-corrected chi connectivity index (χ2v) is 3.16. The van der Waals surface area contributed by atoms with Gasteiger partial charge in [0.15, 0.2) is 0 Å². The van der Waals surface area contributed by atoms with Crippen LogP contribution in [-0.4, -0.2) is 13.2 Å². The number of ether oxygens (including phenoxy) is 1. The van der Waals surface area contributed by atoms with E-state index in [-0.39, 0.29) is 0 Å². The maximum atomic E-state index is 5.48. The van der Waals surface area contributed by atoms with Crippen molar-refractivity contribution < 1.29 is 4.74 Å². The van der Waals surface area contributed by atoms with Gasteiger partial charge in [-0.15, -0.1) is 0 Å². The zero-order chi connectivity index (χ0) is 11.5. The van der Waals surface area contributed by atoms with Crippen LogP contribution in [0.5, 0.6) is 0 Å². The summed E-state index contributed by atoms with van der Waals surface area (Å²) < 4.78 is 5.22. The molecule has 0 rings (SSSR count). The largest absolute Gasteiger partial charge is 0.490 e. The summed E-state index contributed by atoms with van der Waals surface area (Å²) in [5, 5.41) is 0. The van der Waals surface area contributed by atoms with E-state index in [4.69, 9.17) is 10.5 Å². The molecule has 0 fully saturated rings. The molecule has 0 radical (unpaired) electrons.